The van der Waals surface area contributed by atoms with Gasteiger partial charge in [0.15, 0.2) is 5.88 Å². The molecule has 1 fully saturated rings. The fourth-order valence-electron chi connectivity index (χ4n) is 3.41. The summed E-state index contributed by atoms with van der Waals surface area (Å²) in [5, 5.41) is 13.4. The Bertz CT molecular complexity index is 1010. The first kappa shape index (κ1) is 18.4. The predicted octanol–water partition coefficient (Wildman–Crippen LogP) is 4.74. The van der Waals surface area contributed by atoms with Crippen LogP contribution in [0.25, 0.3) is 10.9 Å². The lowest BCUT2D eigenvalue weighted by atomic mass is 10.0. The molecule has 3 aromatic rings. The molecule has 0 bridgehead atoms. The van der Waals surface area contributed by atoms with Crippen molar-refractivity contribution >= 4 is 28.5 Å². The zero-order valence-electron chi connectivity index (χ0n) is 15.2. The van der Waals surface area contributed by atoms with Crippen LogP contribution in [0.5, 0.6) is 5.88 Å². The first-order valence-corrected chi connectivity index (χ1v) is 9.26. The van der Waals surface area contributed by atoms with Gasteiger partial charge in [0.05, 0.1) is 22.5 Å². The molecule has 3 N–H and O–H groups in total. The summed E-state index contributed by atoms with van der Waals surface area (Å²) in [7, 11) is 0. The molecule has 0 saturated carbocycles. The van der Waals surface area contributed by atoms with E-state index in [1.807, 2.05) is 0 Å². The molecule has 0 aliphatic carbocycles. The maximum absolute atomic E-state index is 14.4. The number of H-pyrrole nitrogens is 1. The number of halogens is 2. The number of benzene rings is 2. The molecule has 0 amide bonds. The van der Waals surface area contributed by atoms with Crippen molar-refractivity contribution in [2.24, 2.45) is 10.9 Å². The molecule has 7 heteroatoms. The molecule has 1 aliphatic rings. The fourth-order valence-corrected chi connectivity index (χ4v) is 3.41. The monoisotopic (exact) mass is 385 g/mol. The number of rotatable bonds is 5. The zero-order chi connectivity index (χ0) is 19.5. The Morgan fingerprint density at radius 1 is 1.18 bits per heavy atom. The molecule has 0 radical (unpaired) electrons. The summed E-state index contributed by atoms with van der Waals surface area (Å²) >= 11 is 0. The molecular weight excluding hydrogens is 364 g/mol. The number of ether oxygens (including phenoxy) is 1. The second-order valence-corrected chi connectivity index (χ2v) is 6.91. The summed E-state index contributed by atoms with van der Waals surface area (Å²) in [6, 6.07) is 9.14. The molecule has 1 aromatic heterocycles. The van der Waals surface area contributed by atoms with Crippen LogP contribution in [0.3, 0.4) is 0 Å². The predicted molar refractivity (Wildman–Crippen MR) is 106 cm³/mol. The largest absolute Gasteiger partial charge is 0.494 e. The molecule has 0 atom stereocenters. The maximum Gasteiger partial charge on any atom is 0.198 e. The van der Waals surface area contributed by atoms with Crippen molar-refractivity contribution in [2.75, 3.05) is 25.1 Å². The van der Waals surface area contributed by atoms with E-state index >= 15 is 0 Å². The van der Waals surface area contributed by atoms with Gasteiger partial charge in [-0.05, 0) is 43.0 Å². The first-order chi connectivity index (χ1) is 13.6. The second kappa shape index (κ2) is 7.98. The molecule has 2 aromatic carbocycles. The number of nitrogens with one attached hydrogen (secondary N) is 2. The van der Waals surface area contributed by atoms with Crippen LogP contribution in [-0.2, 0) is 4.74 Å². The van der Waals surface area contributed by atoms with E-state index in [4.69, 9.17) is 4.74 Å². The Morgan fingerprint density at radius 2 is 2.00 bits per heavy atom. The molecule has 2 heterocycles. The lowest BCUT2D eigenvalue weighted by Crippen LogP contribution is -2.22. The lowest BCUT2D eigenvalue weighted by molar-refractivity contribution is 0.0699. The van der Waals surface area contributed by atoms with E-state index in [1.165, 1.54) is 18.3 Å². The van der Waals surface area contributed by atoms with Gasteiger partial charge >= 0.3 is 0 Å². The lowest BCUT2D eigenvalue weighted by Gasteiger charge is -2.22. The standard InChI is InChI=1S/C21H21F2N3O2/c22-16-2-1-3-19-20(16)15(21(27)26-19)12-24-14-4-5-18(17(23)10-14)25-11-13-6-8-28-9-7-13/h1-5,10,12-13,25-27H,6-9,11H2. The highest BCUT2D eigenvalue weighted by Crippen LogP contribution is 2.29. The van der Waals surface area contributed by atoms with E-state index in [0.717, 1.165) is 26.1 Å². The van der Waals surface area contributed by atoms with Crippen LogP contribution in [0.4, 0.5) is 20.2 Å². The van der Waals surface area contributed by atoms with Crippen molar-refractivity contribution in [3.8, 4) is 5.88 Å². The number of aliphatic imine (C=N–C) groups is 1. The number of anilines is 1. The first-order valence-electron chi connectivity index (χ1n) is 9.26. The molecule has 146 valence electrons. The van der Waals surface area contributed by atoms with Crippen LogP contribution < -0.4 is 5.32 Å². The van der Waals surface area contributed by atoms with Crippen molar-refractivity contribution in [3.63, 3.8) is 0 Å². The van der Waals surface area contributed by atoms with Gasteiger partial charge in [-0.3, -0.25) is 4.99 Å². The van der Waals surface area contributed by atoms with Crippen LogP contribution in [-0.4, -0.2) is 36.1 Å². The maximum atomic E-state index is 14.4. The van der Waals surface area contributed by atoms with Gasteiger partial charge in [-0.1, -0.05) is 6.07 Å². The average molecular weight is 385 g/mol. The van der Waals surface area contributed by atoms with E-state index in [0.29, 0.717) is 29.4 Å². The average Bonchev–Trinajstić information content (AvgIpc) is 3.03. The number of aromatic hydroxyl groups is 1. The van der Waals surface area contributed by atoms with Crippen molar-refractivity contribution in [3.05, 3.63) is 53.6 Å². The third kappa shape index (κ3) is 3.84. The summed E-state index contributed by atoms with van der Waals surface area (Å²) < 4.78 is 33.8. The molecule has 0 spiro atoms. The van der Waals surface area contributed by atoms with Gasteiger partial charge in [0.25, 0.3) is 0 Å². The zero-order valence-corrected chi connectivity index (χ0v) is 15.2. The minimum Gasteiger partial charge on any atom is -0.494 e. The van der Waals surface area contributed by atoms with Crippen LogP contribution in [0.2, 0.25) is 0 Å². The van der Waals surface area contributed by atoms with Crippen LogP contribution in [0.1, 0.15) is 18.4 Å². The topological polar surface area (TPSA) is 69.6 Å². The summed E-state index contributed by atoms with van der Waals surface area (Å²) in [4.78, 5) is 6.90. The van der Waals surface area contributed by atoms with Crippen molar-refractivity contribution < 1.29 is 18.6 Å². The number of nitrogens with zero attached hydrogens (tertiary/aromatic N) is 1. The Labute approximate surface area is 161 Å². The van der Waals surface area contributed by atoms with E-state index in [-0.39, 0.29) is 16.8 Å². The van der Waals surface area contributed by atoms with Crippen LogP contribution in [0, 0.1) is 17.6 Å². The van der Waals surface area contributed by atoms with E-state index in [2.05, 4.69) is 15.3 Å². The molecule has 5 nitrogen and oxygen atoms in total. The Morgan fingerprint density at radius 3 is 2.79 bits per heavy atom. The highest BCUT2D eigenvalue weighted by Gasteiger charge is 2.15. The Balaban J connectivity index is 1.50. The highest BCUT2D eigenvalue weighted by molar-refractivity contribution is 6.02. The number of aromatic nitrogens is 1. The molecule has 0 unspecified atom stereocenters. The van der Waals surface area contributed by atoms with Gasteiger partial charge < -0.3 is 20.1 Å². The third-order valence-corrected chi connectivity index (χ3v) is 5.01. The minimum atomic E-state index is -0.464. The third-order valence-electron chi connectivity index (χ3n) is 5.01. The van der Waals surface area contributed by atoms with Gasteiger partial charge in [0, 0.05) is 37.4 Å². The van der Waals surface area contributed by atoms with Crippen LogP contribution in [0.15, 0.2) is 41.4 Å². The minimum absolute atomic E-state index is 0.181. The number of fused-ring (bicyclic) bond motifs is 1. The molecule has 1 aliphatic heterocycles. The number of hydrogen-bond donors (Lipinski definition) is 3. The van der Waals surface area contributed by atoms with E-state index < -0.39 is 11.6 Å². The SMILES string of the molecule is Oc1[nH]c2cccc(F)c2c1C=Nc1ccc(NCC2CCOCC2)c(F)c1. The van der Waals surface area contributed by atoms with E-state index in [9.17, 15) is 13.9 Å². The summed E-state index contributed by atoms with van der Waals surface area (Å²) in [6.07, 6.45) is 3.28. The second-order valence-electron chi connectivity index (χ2n) is 6.91. The van der Waals surface area contributed by atoms with Gasteiger partial charge in [0.2, 0.25) is 0 Å². The molecule has 4 rings (SSSR count). The fraction of sp³-hybridized carbons (Fsp3) is 0.286. The molecule has 28 heavy (non-hydrogen) atoms. The smallest absolute Gasteiger partial charge is 0.198 e. The van der Waals surface area contributed by atoms with Gasteiger partial charge in [-0.15, -0.1) is 0 Å². The normalized spacial score (nSPS) is 15.5. The number of aromatic amines is 1. The quantitative estimate of drug-likeness (QED) is 0.556. The summed E-state index contributed by atoms with van der Waals surface area (Å²) in [5.41, 5.74) is 1.50. The molecular formula is C21H21F2N3O2. The van der Waals surface area contributed by atoms with Crippen molar-refractivity contribution in [2.45, 2.75) is 12.8 Å². The number of hydrogen-bond acceptors (Lipinski definition) is 4. The molecule has 1 saturated heterocycles. The van der Waals surface area contributed by atoms with Gasteiger partial charge in [0.1, 0.15) is 11.6 Å². The summed E-state index contributed by atoms with van der Waals surface area (Å²) in [5.74, 6) is -0.574. The Hall–Kier alpha value is -2.93. The van der Waals surface area contributed by atoms with Gasteiger partial charge in [-0.2, -0.15) is 0 Å². The van der Waals surface area contributed by atoms with Gasteiger partial charge in [-0.25, -0.2) is 8.78 Å². The van der Waals surface area contributed by atoms with Crippen molar-refractivity contribution in [1.29, 1.82) is 0 Å². The van der Waals surface area contributed by atoms with Crippen molar-refractivity contribution in [1.82, 2.24) is 4.98 Å². The highest BCUT2D eigenvalue weighted by atomic mass is 19.1. The van der Waals surface area contributed by atoms with E-state index in [1.54, 1.807) is 24.3 Å². The van der Waals surface area contributed by atoms with Crippen LogP contribution >= 0.6 is 0 Å². The summed E-state index contributed by atoms with van der Waals surface area (Å²) in [6.45, 7) is 2.21. The Kier molecular flexibility index (Phi) is 5.25.